The summed E-state index contributed by atoms with van der Waals surface area (Å²) >= 11 is 0. The van der Waals surface area contributed by atoms with Gasteiger partial charge in [0.25, 0.3) is 0 Å². The van der Waals surface area contributed by atoms with Crippen molar-refractivity contribution in [1.29, 1.82) is 0 Å². The van der Waals surface area contributed by atoms with Crippen LogP contribution in [0, 0.1) is 0 Å². The molecule has 0 aliphatic rings. The third kappa shape index (κ3) is 2.98. The molecule has 2 rings (SSSR count). The first-order valence-electron chi connectivity index (χ1n) is 5.75. The van der Waals surface area contributed by atoms with E-state index in [-0.39, 0.29) is 12.2 Å². The summed E-state index contributed by atoms with van der Waals surface area (Å²) in [7, 11) is 1.49. The largest absolute Gasteiger partial charge is 0.434 e. The normalized spacial score (nSPS) is 11.6. The minimum absolute atomic E-state index is 0.0919. The molecule has 1 aromatic carbocycles. The lowest BCUT2D eigenvalue weighted by Crippen LogP contribution is -2.13. The van der Waals surface area contributed by atoms with Crippen LogP contribution in [0.25, 0.3) is 11.4 Å². The summed E-state index contributed by atoms with van der Waals surface area (Å²) in [6.07, 6.45) is -3.44. The van der Waals surface area contributed by atoms with Crippen molar-refractivity contribution in [2.24, 2.45) is 12.8 Å². The maximum Gasteiger partial charge on any atom is 0.434 e. The maximum atomic E-state index is 12.6. The molecule has 2 N–H and O–H groups in total. The Kier molecular flexibility index (Phi) is 3.52. The quantitative estimate of drug-likeness (QED) is 0.938. The first-order valence-corrected chi connectivity index (χ1v) is 5.75. The topological polar surface area (TPSA) is 60.9 Å². The minimum atomic E-state index is -4.47. The molecule has 106 valence electrons. The molecule has 0 aliphatic carbocycles. The van der Waals surface area contributed by atoms with E-state index < -0.39 is 17.8 Å². The Morgan fingerprint density at radius 1 is 1.30 bits per heavy atom. The van der Waals surface area contributed by atoms with Gasteiger partial charge in [-0.15, -0.1) is 0 Å². The van der Waals surface area contributed by atoms with E-state index in [0.29, 0.717) is 11.1 Å². The second kappa shape index (κ2) is 4.99. The van der Waals surface area contributed by atoms with Gasteiger partial charge in [0.05, 0.1) is 6.42 Å². The number of aryl methyl sites for hydroxylation is 1. The molecule has 0 bridgehead atoms. The summed E-state index contributed by atoms with van der Waals surface area (Å²) in [5, 5.41) is 0. The molecule has 1 amide bonds. The van der Waals surface area contributed by atoms with Gasteiger partial charge in [0, 0.05) is 18.8 Å². The third-order valence-corrected chi connectivity index (χ3v) is 2.76. The molecule has 2 aromatic rings. The number of carbonyl (C=O) groups is 1. The minimum Gasteiger partial charge on any atom is -0.369 e. The lowest BCUT2D eigenvalue weighted by molar-refractivity contribution is -0.140. The zero-order valence-electron chi connectivity index (χ0n) is 10.6. The number of hydrogen-bond acceptors (Lipinski definition) is 2. The first-order chi connectivity index (χ1) is 9.27. The zero-order valence-corrected chi connectivity index (χ0v) is 10.6. The SMILES string of the molecule is Cn1cc(C(F)(F)F)nc1-c1ccc(CC(N)=O)cc1. The molecular weight excluding hydrogens is 271 g/mol. The van der Waals surface area contributed by atoms with Crippen LogP contribution in [0.4, 0.5) is 13.2 Å². The number of rotatable bonds is 3. The fourth-order valence-corrected chi connectivity index (χ4v) is 1.84. The lowest BCUT2D eigenvalue weighted by atomic mass is 10.1. The number of alkyl halides is 3. The fraction of sp³-hybridized carbons (Fsp3) is 0.231. The molecule has 20 heavy (non-hydrogen) atoms. The summed E-state index contributed by atoms with van der Waals surface area (Å²) in [4.78, 5) is 14.4. The predicted molar refractivity (Wildman–Crippen MR) is 66.5 cm³/mol. The highest BCUT2D eigenvalue weighted by molar-refractivity contribution is 5.76. The van der Waals surface area contributed by atoms with Crippen LogP contribution < -0.4 is 5.73 Å². The Labute approximate surface area is 113 Å². The van der Waals surface area contributed by atoms with Gasteiger partial charge in [0.1, 0.15) is 5.82 Å². The van der Waals surface area contributed by atoms with Crippen molar-refractivity contribution in [2.75, 3.05) is 0 Å². The van der Waals surface area contributed by atoms with E-state index in [1.807, 2.05) is 0 Å². The molecule has 0 atom stereocenters. The zero-order chi connectivity index (χ0) is 14.9. The molecule has 0 saturated carbocycles. The molecule has 1 aromatic heterocycles. The highest BCUT2D eigenvalue weighted by Gasteiger charge is 2.34. The van der Waals surface area contributed by atoms with Gasteiger partial charge < -0.3 is 10.3 Å². The van der Waals surface area contributed by atoms with E-state index in [4.69, 9.17) is 5.73 Å². The number of imidazole rings is 1. The number of benzene rings is 1. The van der Waals surface area contributed by atoms with Gasteiger partial charge in [-0.1, -0.05) is 24.3 Å². The molecule has 4 nitrogen and oxygen atoms in total. The predicted octanol–water partition coefficient (Wildman–Crippen LogP) is 2.13. The summed E-state index contributed by atoms with van der Waals surface area (Å²) in [5.74, 6) is -0.253. The number of primary amides is 1. The molecule has 0 radical (unpaired) electrons. The third-order valence-electron chi connectivity index (χ3n) is 2.76. The Balaban J connectivity index is 2.32. The fourth-order valence-electron chi connectivity index (χ4n) is 1.84. The van der Waals surface area contributed by atoms with Crippen molar-refractivity contribution >= 4 is 5.91 Å². The van der Waals surface area contributed by atoms with Crippen LogP contribution in [-0.2, 0) is 24.4 Å². The summed E-state index contributed by atoms with van der Waals surface area (Å²) in [6.45, 7) is 0. The molecule has 0 unspecified atom stereocenters. The average molecular weight is 283 g/mol. The summed E-state index contributed by atoms with van der Waals surface area (Å²) in [5.41, 5.74) is 5.37. The monoisotopic (exact) mass is 283 g/mol. The highest BCUT2D eigenvalue weighted by Crippen LogP contribution is 2.30. The second-order valence-electron chi connectivity index (χ2n) is 4.40. The Morgan fingerprint density at radius 3 is 2.35 bits per heavy atom. The van der Waals surface area contributed by atoms with Crippen molar-refractivity contribution in [2.45, 2.75) is 12.6 Å². The van der Waals surface area contributed by atoms with Gasteiger partial charge in [-0.2, -0.15) is 13.2 Å². The van der Waals surface area contributed by atoms with Crippen LogP contribution in [0.15, 0.2) is 30.5 Å². The van der Waals surface area contributed by atoms with Crippen LogP contribution >= 0.6 is 0 Å². The van der Waals surface area contributed by atoms with Gasteiger partial charge in [-0.3, -0.25) is 4.79 Å². The highest BCUT2D eigenvalue weighted by atomic mass is 19.4. The number of halogens is 3. The molecule has 7 heteroatoms. The number of carbonyl (C=O) groups excluding carboxylic acids is 1. The van der Waals surface area contributed by atoms with E-state index in [2.05, 4.69) is 4.98 Å². The number of nitrogens with two attached hydrogens (primary N) is 1. The van der Waals surface area contributed by atoms with Crippen molar-refractivity contribution in [3.8, 4) is 11.4 Å². The van der Waals surface area contributed by atoms with Crippen molar-refractivity contribution < 1.29 is 18.0 Å². The molecule has 0 saturated heterocycles. The number of amides is 1. The van der Waals surface area contributed by atoms with Crippen LogP contribution in [0.1, 0.15) is 11.3 Å². The number of aromatic nitrogens is 2. The van der Waals surface area contributed by atoms with Crippen LogP contribution in [0.2, 0.25) is 0 Å². The van der Waals surface area contributed by atoms with E-state index in [1.165, 1.54) is 11.6 Å². The van der Waals surface area contributed by atoms with Crippen molar-refractivity contribution in [1.82, 2.24) is 9.55 Å². The van der Waals surface area contributed by atoms with Gasteiger partial charge in [-0.25, -0.2) is 4.98 Å². The van der Waals surface area contributed by atoms with Crippen molar-refractivity contribution in [3.05, 3.63) is 41.7 Å². The molecule has 0 aliphatic heterocycles. The Bertz CT molecular complexity index is 629. The smallest absolute Gasteiger partial charge is 0.369 e. The van der Waals surface area contributed by atoms with Crippen molar-refractivity contribution in [3.63, 3.8) is 0 Å². The Morgan fingerprint density at radius 2 is 1.90 bits per heavy atom. The molecule has 0 spiro atoms. The molecular formula is C13H12F3N3O. The summed E-state index contributed by atoms with van der Waals surface area (Å²) in [6, 6.07) is 6.51. The van der Waals surface area contributed by atoms with Crippen LogP contribution in [-0.4, -0.2) is 15.5 Å². The van der Waals surface area contributed by atoms with Gasteiger partial charge in [-0.05, 0) is 5.56 Å². The Hall–Kier alpha value is -2.31. The van der Waals surface area contributed by atoms with Crippen LogP contribution in [0.3, 0.4) is 0 Å². The first kappa shape index (κ1) is 14.1. The van der Waals surface area contributed by atoms with E-state index in [1.54, 1.807) is 24.3 Å². The molecule has 0 fully saturated rings. The van der Waals surface area contributed by atoms with E-state index in [0.717, 1.165) is 6.20 Å². The standard InChI is InChI=1S/C13H12F3N3O/c1-19-7-10(13(14,15)16)18-12(19)9-4-2-8(3-5-9)6-11(17)20/h2-5,7H,6H2,1H3,(H2,17,20). The van der Waals surface area contributed by atoms with Gasteiger partial charge >= 0.3 is 6.18 Å². The second-order valence-corrected chi connectivity index (χ2v) is 4.40. The maximum absolute atomic E-state index is 12.6. The van der Waals surface area contributed by atoms with Crippen LogP contribution in [0.5, 0.6) is 0 Å². The lowest BCUT2D eigenvalue weighted by Gasteiger charge is -2.03. The van der Waals surface area contributed by atoms with E-state index >= 15 is 0 Å². The average Bonchev–Trinajstić information content (AvgIpc) is 2.71. The van der Waals surface area contributed by atoms with Gasteiger partial charge in [0.2, 0.25) is 5.91 Å². The van der Waals surface area contributed by atoms with Gasteiger partial charge in [0.15, 0.2) is 5.69 Å². The number of hydrogen-bond donors (Lipinski definition) is 1. The van der Waals surface area contributed by atoms with E-state index in [9.17, 15) is 18.0 Å². The summed E-state index contributed by atoms with van der Waals surface area (Å²) < 4.78 is 39.0. The molecule has 1 heterocycles. The number of nitrogens with zero attached hydrogens (tertiary/aromatic N) is 2.